The Bertz CT molecular complexity index is 204. The van der Waals surface area contributed by atoms with Crippen LogP contribution in [0.4, 0.5) is 0 Å². The van der Waals surface area contributed by atoms with Crippen molar-refractivity contribution in [3.05, 3.63) is 0 Å². The molecule has 0 bridgehead atoms. The van der Waals surface area contributed by atoms with Gasteiger partial charge in [-0.25, -0.2) is 0 Å². The summed E-state index contributed by atoms with van der Waals surface area (Å²) < 4.78 is 5.82. The Hall–Kier alpha value is -0.0800. The predicted octanol–water partition coefficient (Wildman–Crippen LogP) is 4.14. The molecule has 0 heterocycles. The Kier molecular flexibility index (Phi) is 7.25. The molecular weight excluding hydrogens is 222 g/mol. The summed E-state index contributed by atoms with van der Waals surface area (Å²) in [5, 5.41) is 3.75. The molecular formula is C16H33NO. The highest BCUT2D eigenvalue weighted by Crippen LogP contribution is 2.29. The maximum atomic E-state index is 5.82. The van der Waals surface area contributed by atoms with Gasteiger partial charge in [0.1, 0.15) is 0 Å². The molecule has 1 saturated carbocycles. The molecule has 1 atom stereocenters. The minimum absolute atomic E-state index is 0.0136. The first-order valence-corrected chi connectivity index (χ1v) is 7.90. The van der Waals surface area contributed by atoms with Crippen LogP contribution in [0.3, 0.4) is 0 Å². The van der Waals surface area contributed by atoms with Crippen LogP contribution in [0.2, 0.25) is 0 Å². The molecule has 1 rings (SSSR count). The van der Waals surface area contributed by atoms with Crippen LogP contribution in [0.25, 0.3) is 0 Å². The molecule has 0 aliphatic heterocycles. The van der Waals surface area contributed by atoms with Crippen molar-refractivity contribution in [1.82, 2.24) is 5.32 Å². The zero-order valence-electron chi connectivity index (χ0n) is 12.9. The van der Waals surface area contributed by atoms with E-state index in [0.29, 0.717) is 0 Å². The maximum absolute atomic E-state index is 5.82. The van der Waals surface area contributed by atoms with Gasteiger partial charge in [-0.15, -0.1) is 0 Å². The fourth-order valence-electron chi connectivity index (χ4n) is 2.88. The van der Waals surface area contributed by atoms with Gasteiger partial charge in [-0.3, -0.25) is 0 Å². The highest BCUT2D eigenvalue weighted by Gasteiger charge is 2.24. The monoisotopic (exact) mass is 255 g/mol. The molecule has 1 aliphatic rings. The molecule has 0 aromatic heterocycles. The standard InChI is InChI=1S/C16H33NO/c1-5-12-17-15(14-9-6-7-10-14)11-8-13-18-16(2,3)4/h14-15,17H,5-13H2,1-4H3. The first-order chi connectivity index (χ1) is 8.53. The molecule has 0 saturated heterocycles. The van der Waals surface area contributed by atoms with E-state index in [2.05, 4.69) is 33.0 Å². The lowest BCUT2D eigenvalue weighted by Crippen LogP contribution is -2.36. The Morgan fingerprint density at radius 3 is 2.44 bits per heavy atom. The third kappa shape index (κ3) is 6.75. The average Bonchev–Trinajstić information content (AvgIpc) is 2.80. The van der Waals surface area contributed by atoms with Crippen LogP contribution in [0.15, 0.2) is 0 Å². The van der Waals surface area contributed by atoms with Gasteiger partial charge in [0.25, 0.3) is 0 Å². The summed E-state index contributed by atoms with van der Waals surface area (Å²) in [4.78, 5) is 0. The second-order valence-electron chi connectivity index (χ2n) is 6.71. The van der Waals surface area contributed by atoms with Gasteiger partial charge < -0.3 is 10.1 Å². The lowest BCUT2D eigenvalue weighted by Gasteiger charge is -2.26. The van der Waals surface area contributed by atoms with E-state index in [1.807, 2.05) is 0 Å². The number of nitrogens with one attached hydrogen (secondary N) is 1. The molecule has 1 unspecified atom stereocenters. The first-order valence-electron chi connectivity index (χ1n) is 7.90. The van der Waals surface area contributed by atoms with Gasteiger partial charge in [0, 0.05) is 12.6 Å². The van der Waals surface area contributed by atoms with Crippen LogP contribution in [0.5, 0.6) is 0 Å². The van der Waals surface area contributed by atoms with E-state index in [0.717, 1.165) is 18.6 Å². The van der Waals surface area contributed by atoms with E-state index in [1.165, 1.54) is 51.5 Å². The van der Waals surface area contributed by atoms with E-state index in [9.17, 15) is 0 Å². The third-order valence-electron chi connectivity index (χ3n) is 3.82. The zero-order chi connectivity index (χ0) is 13.4. The molecule has 108 valence electrons. The quantitative estimate of drug-likeness (QED) is 0.658. The second-order valence-corrected chi connectivity index (χ2v) is 6.71. The molecule has 1 N–H and O–H groups in total. The van der Waals surface area contributed by atoms with Crippen molar-refractivity contribution in [2.24, 2.45) is 5.92 Å². The van der Waals surface area contributed by atoms with Crippen LogP contribution in [-0.2, 0) is 4.74 Å². The molecule has 18 heavy (non-hydrogen) atoms. The van der Waals surface area contributed by atoms with Crippen LogP contribution in [-0.4, -0.2) is 24.8 Å². The molecule has 0 aromatic carbocycles. The van der Waals surface area contributed by atoms with E-state index in [1.54, 1.807) is 0 Å². The number of hydrogen-bond donors (Lipinski definition) is 1. The summed E-state index contributed by atoms with van der Waals surface area (Å²) >= 11 is 0. The first kappa shape index (κ1) is 16.0. The van der Waals surface area contributed by atoms with Gasteiger partial charge in [0.05, 0.1) is 5.60 Å². The van der Waals surface area contributed by atoms with Gasteiger partial charge in [0.2, 0.25) is 0 Å². The predicted molar refractivity (Wildman–Crippen MR) is 79.0 cm³/mol. The molecule has 0 amide bonds. The molecule has 1 aliphatic carbocycles. The second kappa shape index (κ2) is 8.16. The molecule has 2 heteroatoms. The lowest BCUT2D eigenvalue weighted by atomic mass is 9.94. The van der Waals surface area contributed by atoms with Crippen LogP contribution in [0, 0.1) is 5.92 Å². The van der Waals surface area contributed by atoms with Crippen molar-refractivity contribution in [1.29, 1.82) is 0 Å². The van der Waals surface area contributed by atoms with Crippen molar-refractivity contribution >= 4 is 0 Å². The summed E-state index contributed by atoms with van der Waals surface area (Å²) in [6, 6.07) is 0.732. The average molecular weight is 255 g/mol. The summed E-state index contributed by atoms with van der Waals surface area (Å²) in [5.74, 6) is 0.922. The Morgan fingerprint density at radius 2 is 1.89 bits per heavy atom. The minimum atomic E-state index is 0.0136. The summed E-state index contributed by atoms with van der Waals surface area (Å²) in [7, 11) is 0. The van der Waals surface area contributed by atoms with Crippen LogP contribution >= 0.6 is 0 Å². The SMILES string of the molecule is CCCNC(CCCOC(C)(C)C)C1CCCC1. The number of ether oxygens (including phenoxy) is 1. The van der Waals surface area contributed by atoms with Crippen LogP contribution < -0.4 is 5.32 Å². The molecule has 2 nitrogen and oxygen atoms in total. The Morgan fingerprint density at radius 1 is 1.22 bits per heavy atom. The largest absolute Gasteiger partial charge is 0.376 e. The van der Waals surface area contributed by atoms with E-state index in [4.69, 9.17) is 4.74 Å². The van der Waals surface area contributed by atoms with Gasteiger partial charge in [-0.2, -0.15) is 0 Å². The van der Waals surface area contributed by atoms with Crippen molar-refractivity contribution in [3.63, 3.8) is 0 Å². The smallest absolute Gasteiger partial charge is 0.0598 e. The van der Waals surface area contributed by atoms with Crippen molar-refractivity contribution in [2.45, 2.75) is 84.3 Å². The maximum Gasteiger partial charge on any atom is 0.0598 e. The summed E-state index contributed by atoms with van der Waals surface area (Å²) in [6.07, 6.45) is 9.45. The summed E-state index contributed by atoms with van der Waals surface area (Å²) in [6.45, 7) is 10.7. The van der Waals surface area contributed by atoms with Crippen molar-refractivity contribution in [2.75, 3.05) is 13.2 Å². The highest BCUT2D eigenvalue weighted by molar-refractivity contribution is 4.80. The number of hydrogen-bond acceptors (Lipinski definition) is 2. The zero-order valence-corrected chi connectivity index (χ0v) is 12.9. The molecule has 0 aromatic rings. The molecule has 1 fully saturated rings. The fraction of sp³-hybridized carbons (Fsp3) is 1.00. The topological polar surface area (TPSA) is 21.3 Å². The van der Waals surface area contributed by atoms with E-state index < -0.39 is 0 Å². The van der Waals surface area contributed by atoms with Gasteiger partial charge in [-0.05, 0) is 65.3 Å². The minimum Gasteiger partial charge on any atom is -0.376 e. The third-order valence-corrected chi connectivity index (χ3v) is 3.82. The van der Waals surface area contributed by atoms with Crippen molar-refractivity contribution < 1.29 is 4.74 Å². The van der Waals surface area contributed by atoms with Gasteiger partial charge in [-0.1, -0.05) is 19.8 Å². The van der Waals surface area contributed by atoms with Crippen molar-refractivity contribution in [3.8, 4) is 0 Å². The molecule has 0 radical (unpaired) electrons. The van der Waals surface area contributed by atoms with Crippen LogP contribution in [0.1, 0.15) is 72.6 Å². The van der Waals surface area contributed by atoms with Gasteiger partial charge in [0.15, 0.2) is 0 Å². The Labute approximate surface area is 114 Å². The van der Waals surface area contributed by atoms with Gasteiger partial charge >= 0.3 is 0 Å². The fourth-order valence-corrected chi connectivity index (χ4v) is 2.88. The summed E-state index contributed by atoms with van der Waals surface area (Å²) in [5.41, 5.74) is 0.0136. The highest BCUT2D eigenvalue weighted by atomic mass is 16.5. The number of rotatable bonds is 8. The Balaban J connectivity index is 2.23. The van der Waals surface area contributed by atoms with E-state index >= 15 is 0 Å². The normalized spacial score (nSPS) is 19.3. The van der Waals surface area contributed by atoms with E-state index in [-0.39, 0.29) is 5.60 Å². The molecule has 0 spiro atoms. The lowest BCUT2D eigenvalue weighted by molar-refractivity contribution is -0.00591.